The first-order valence-electron chi connectivity index (χ1n) is 7.39. The second kappa shape index (κ2) is 11.9. The van der Waals surface area contributed by atoms with Gasteiger partial charge >= 0.3 is 5.97 Å². The van der Waals surface area contributed by atoms with Crippen LogP contribution in [-0.4, -0.2) is 12.6 Å². The summed E-state index contributed by atoms with van der Waals surface area (Å²) < 4.78 is 5.25. The van der Waals surface area contributed by atoms with Gasteiger partial charge in [0, 0.05) is 0 Å². The highest BCUT2D eigenvalue weighted by molar-refractivity contribution is 5.71. The molecule has 0 aliphatic heterocycles. The average molecular weight is 242 g/mol. The van der Waals surface area contributed by atoms with Crippen molar-refractivity contribution in [2.45, 2.75) is 78.6 Å². The lowest BCUT2D eigenvalue weighted by molar-refractivity contribution is -0.148. The standard InChI is InChI=1S/C15H30O2/c1-4-6-7-8-9-10-11-13-17-15(16)14(3)12-5-2/h14H,4-13H2,1-3H3. The molecule has 2 heteroatoms. The fourth-order valence-electron chi connectivity index (χ4n) is 1.93. The highest BCUT2D eigenvalue weighted by Gasteiger charge is 2.12. The Morgan fingerprint density at radius 1 is 0.941 bits per heavy atom. The van der Waals surface area contributed by atoms with Crippen molar-refractivity contribution in [3.8, 4) is 0 Å². The lowest BCUT2D eigenvalue weighted by Crippen LogP contribution is -2.15. The molecule has 0 saturated heterocycles. The Morgan fingerprint density at radius 3 is 2.12 bits per heavy atom. The second-order valence-corrected chi connectivity index (χ2v) is 4.98. The molecule has 0 N–H and O–H groups in total. The van der Waals surface area contributed by atoms with Gasteiger partial charge in [0.1, 0.15) is 0 Å². The fourth-order valence-corrected chi connectivity index (χ4v) is 1.93. The van der Waals surface area contributed by atoms with Crippen LogP contribution in [0.15, 0.2) is 0 Å². The third-order valence-electron chi connectivity index (χ3n) is 3.12. The van der Waals surface area contributed by atoms with Gasteiger partial charge < -0.3 is 4.74 Å². The first-order valence-corrected chi connectivity index (χ1v) is 7.39. The van der Waals surface area contributed by atoms with E-state index in [-0.39, 0.29) is 11.9 Å². The van der Waals surface area contributed by atoms with Crippen LogP contribution in [-0.2, 0) is 9.53 Å². The summed E-state index contributed by atoms with van der Waals surface area (Å²) in [5.74, 6) is 0.0578. The Labute approximate surface area is 107 Å². The highest BCUT2D eigenvalue weighted by Crippen LogP contribution is 2.09. The Balaban J connectivity index is 3.24. The number of ether oxygens (including phenoxy) is 1. The molecule has 0 bridgehead atoms. The molecule has 0 aliphatic carbocycles. The third kappa shape index (κ3) is 10.3. The minimum atomic E-state index is -0.0159. The molecule has 0 heterocycles. The van der Waals surface area contributed by atoms with E-state index >= 15 is 0 Å². The van der Waals surface area contributed by atoms with Gasteiger partial charge in [-0.3, -0.25) is 4.79 Å². The van der Waals surface area contributed by atoms with Crippen LogP contribution in [0.1, 0.15) is 78.6 Å². The quantitative estimate of drug-likeness (QED) is 0.387. The summed E-state index contributed by atoms with van der Waals surface area (Å²) in [5, 5.41) is 0. The van der Waals surface area contributed by atoms with Crippen molar-refractivity contribution in [2.24, 2.45) is 5.92 Å². The van der Waals surface area contributed by atoms with Crippen molar-refractivity contribution in [1.82, 2.24) is 0 Å². The molecule has 0 aromatic heterocycles. The highest BCUT2D eigenvalue weighted by atomic mass is 16.5. The topological polar surface area (TPSA) is 26.3 Å². The number of carbonyl (C=O) groups is 1. The number of hydrogen-bond acceptors (Lipinski definition) is 2. The summed E-state index contributed by atoms with van der Waals surface area (Å²) in [6.07, 6.45) is 10.8. The first kappa shape index (κ1) is 16.5. The van der Waals surface area contributed by atoms with Crippen LogP contribution in [0.4, 0.5) is 0 Å². The van der Waals surface area contributed by atoms with Gasteiger partial charge in [0.05, 0.1) is 12.5 Å². The summed E-state index contributed by atoms with van der Waals surface area (Å²) in [7, 11) is 0. The molecule has 0 aliphatic rings. The molecule has 0 saturated carbocycles. The smallest absolute Gasteiger partial charge is 0.308 e. The second-order valence-electron chi connectivity index (χ2n) is 4.98. The van der Waals surface area contributed by atoms with Crippen LogP contribution in [0, 0.1) is 5.92 Å². The van der Waals surface area contributed by atoms with Gasteiger partial charge in [0.2, 0.25) is 0 Å². The van der Waals surface area contributed by atoms with Gasteiger partial charge in [0.25, 0.3) is 0 Å². The number of esters is 1. The maximum absolute atomic E-state index is 11.5. The molecule has 102 valence electrons. The van der Waals surface area contributed by atoms with E-state index in [2.05, 4.69) is 13.8 Å². The maximum atomic E-state index is 11.5. The van der Waals surface area contributed by atoms with E-state index in [9.17, 15) is 4.79 Å². The van der Waals surface area contributed by atoms with Crippen molar-refractivity contribution in [3.63, 3.8) is 0 Å². The largest absolute Gasteiger partial charge is 0.465 e. The molecule has 0 amide bonds. The maximum Gasteiger partial charge on any atom is 0.308 e. The van der Waals surface area contributed by atoms with Crippen molar-refractivity contribution < 1.29 is 9.53 Å². The SMILES string of the molecule is CCCCCCCCCOC(=O)C(C)CCC. The van der Waals surface area contributed by atoms with Crippen molar-refractivity contribution in [2.75, 3.05) is 6.61 Å². The van der Waals surface area contributed by atoms with Gasteiger partial charge in [-0.25, -0.2) is 0 Å². The lowest BCUT2D eigenvalue weighted by atomic mass is 10.1. The Hall–Kier alpha value is -0.530. The molecule has 0 spiro atoms. The van der Waals surface area contributed by atoms with Crippen molar-refractivity contribution >= 4 is 5.97 Å². The predicted octanol–water partition coefficient (Wildman–Crippen LogP) is 4.72. The van der Waals surface area contributed by atoms with Crippen molar-refractivity contribution in [1.29, 1.82) is 0 Å². The summed E-state index contributed by atoms with van der Waals surface area (Å²) in [4.78, 5) is 11.5. The molecular weight excluding hydrogens is 212 g/mol. The molecule has 1 unspecified atom stereocenters. The summed E-state index contributed by atoms with van der Waals surface area (Å²) >= 11 is 0. The molecular formula is C15H30O2. The van der Waals surface area contributed by atoms with Gasteiger partial charge in [-0.2, -0.15) is 0 Å². The van der Waals surface area contributed by atoms with Crippen molar-refractivity contribution in [3.05, 3.63) is 0 Å². The monoisotopic (exact) mass is 242 g/mol. The van der Waals surface area contributed by atoms with E-state index < -0.39 is 0 Å². The molecule has 0 fully saturated rings. The Morgan fingerprint density at radius 2 is 1.53 bits per heavy atom. The molecule has 0 aromatic carbocycles. The number of carbonyl (C=O) groups excluding carboxylic acids is 1. The zero-order valence-electron chi connectivity index (χ0n) is 12.0. The van der Waals surface area contributed by atoms with Crippen LogP contribution < -0.4 is 0 Å². The minimum absolute atomic E-state index is 0.0159. The summed E-state index contributed by atoms with van der Waals surface area (Å²) in [6, 6.07) is 0. The Bertz CT molecular complexity index is 178. The van der Waals surface area contributed by atoms with Crippen LogP contribution in [0.2, 0.25) is 0 Å². The van der Waals surface area contributed by atoms with Gasteiger partial charge in [-0.05, 0) is 12.8 Å². The van der Waals surface area contributed by atoms with Crippen LogP contribution in [0.5, 0.6) is 0 Å². The van der Waals surface area contributed by atoms with E-state index in [1.807, 2.05) is 6.92 Å². The molecule has 17 heavy (non-hydrogen) atoms. The van der Waals surface area contributed by atoms with Crippen LogP contribution in [0.25, 0.3) is 0 Å². The Kier molecular flexibility index (Phi) is 11.6. The number of rotatable bonds is 11. The summed E-state index contributed by atoms with van der Waals surface area (Å²) in [6.45, 7) is 6.90. The molecule has 0 radical (unpaired) electrons. The zero-order valence-corrected chi connectivity index (χ0v) is 12.0. The van der Waals surface area contributed by atoms with E-state index in [0.29, 0.717) is 6.61 Å². The third-order valence-corrected chi connectivity index (χ3v) is 3.12. The van der Waals surface area contributed by atoms with Crippen LogP contribution >= 0.6 is 0 Å². The van der Waals surface area contributed by atoms with E-state index in [0.717, 1.165) is 19.3 Å². The number of unbranched alkanes of at least 4 members (excludes halogenated alkanes) is 6. The molecule has 1 atom stereocenters. The van der Waals surface area contributed by atoms with Gasteiger partial charge in [-0.1, -0.05) is 65.7 Å². The molecule has 0 aromatic rings. The van der Waals surface area contributed by atoms with Crippen LogP contribution in [0.3, 0.4) is 0 Å². The van der Waals surface area contributed by atoms with Gasteiger partial charge in [0.15, 0.2) is 0 Å². The fraction of sp³-hybridized carbons (Fsp3) is 0.933. The zero-order chi connectivity index (χ0) is 12.9. The molecule has 0 rings (SSSR count). The van der Waals surface area contributed by atoms with E-state index in [1.54, 1.807) is 0 Å². The van der Waals surface area contributed by atoms with E-state index in [4.69, 9.17) is 4.74 Å². The lowest BCUT2D eigenvalue weighted by Gasteiger charge is -2.10. The normalized spacial score (nSPS) is 12.4. The molecule has 2 nitrogen and oxygen atoms in total. The number of hydrogen-bond donors (Lipinski definition) is 0. The first-order chi connectivity index (χ1) is 8.22. The minimum Gasteiger partial charge on any atom is -0.465 e. The van der Waals surface area contributed by atoms with E-state index in [1.165, 1.54) is 38.5 Å². The van der Waals surface area contributed by atoms with Gasteiger partial charge in [-0.15, -0.1) is 0 Å². The summed E-state index contributed by atoms with van der Waals surface area (Å²) in [5.41, 5.74) is 0. The average Bonchev–Trinajstić information content (AvgIpc) is 2.32. The predicted molar refractivity (Wildman–Crippen MR) is 73.0 cm³/mol.